The molecule has 0 rings (SSSR count). The Balaban J connectivity index is 0. The van der Waals surface area contributed by atoms with Gasteiger partial charge in [0.25, 0.3) is 0 Å². The Kier molecular flexibility index (Phi) is 26.4. The van der Waals surface area contributed by atoms with Crippen molar-refractivity contribution in [1.29, 1.82) is 0 Å². The number of carbonyl (C=O) groups excluding carboxylic acids is 1. The van der Waals surface area contributed by atoms with Gasteiger partial charge >= 0.3 is 0 Å². The summed E-state index contributed by atoms with van der Waals surface area (Å²) < 4.78 is 40.0. The van der Waals surface area contributed by atoms with Gasteiger partial charge in [-0.15, -0.1) is 0 Å². The van der Waals surface area contributed by atoms with Gasteiger partial charge in [-0.25, -0.2) is 4.39 Å². The second-order valence-corrected chi connectivity index (χ2v) is 5.17. The van der Waals surface area contributed by atoms with Gasteiger partial charge in [-0.3, -0.25) is 4.79 Å². The van der Waals surface area contributed by atoms with Gasteiger partial charge in [0.15, 0.2) is 0 Å². The molecule has 2 atom stereocenters. The van der Waals surface area contributed by atoms with Crippen LogP contribution in [-0.4, -0.2) is 98.3 Å². The van der Waals surface area contributed by atoms with Crippen molar-refractivity contribution in [3.63, 3.8) is 0 Å². The molecule has 0 aromatic rings. The molecule has 0 spiro atoms. The molecular weight excluding hydrogens is 359 g/mol. The van der Waals surface area contributed by atoms with E-state index in [0.29, 0.717) is 65.9 Å². The minimum Gasteiger partial charge on any atom is -0.378 e. The quantitative estimate of drug-likeness (QED) is 0.232. The van der Waals surface area contributed by atoms with Gasteiger partial charge in [-0.05, 0) is 14.0 Å². The summed E-state index contributed by atoms with van der Waals surface area (Å²) in [6.45, 7) is 10.8. The molecule has 0 aromatic heterocycles. The lowest BCUT2D eigenvalue weighted by Gasteiger charge is -2.17. The van der Waals surface area contributed by atoms with Crippen LogP contribution in [0.4, 0.5) is 4.39 Å². The molecule has 0 fully saturated rings. The van der Waals surface area contributed by atoms with E-state index in [4.69, 9.17) is 23.7 Å². The summed E-state index contributed by atoms with van der Waals surface area (Å²) in [6.07, 6.45) is -1.36. The molecule has 0 radical (unpaired) electrons. The van der Waals surface area contributed by atoms with Crippen LogP contribution < -0.4 is 10.6 Å². The van der Waals surface area contributed by atoms with Crippen molar-refractivity contribution >= 4 is 6.41 Å². The molecule has 0 aliphatic rings. The largest absolute Gasteiger partial charge is 0.378 e. The fraction of sp³-hybridized carbons (Fsp3) is 0.944. The van der Waals surface area contributed by atoms with E-state index in [1.54, 1.807) is 6.92 Å². The van der Waals surface area contributed by atoms with Gasteiger partial charge in [0, 0.05) is 6.54 Å². The summed E-state index contributed by atoms with van der Waals surface area (Å²) in [5, 5.41) is 5.27. The first-order valence-electron chi connectivity index (χ1n) is 9.60. The lowest BCUT2D eigenvalue weighted by atomic mass is 10.2. The predicted octanol–water partition coefficient (Wildman–Crippen LogP) is 0.788. The minimum absolute atomic E-state index is 0.0521. The first-order valence-corrected chi connectivity index (χ1v) is 9.60. The van der Waals surface area contributed by atoms with Crippen molar-refractivity contribution < 1.29 is 32.9 Å². The summed E-state index contributed by atoms with van der Waals surface area (Å²) >= 11 is 0. The number of hydrogen-bond acceptors (Lipinski definition) is 7. The lowest BCUT2D eigenvalue weighted by Crippen LogP contribution is -2.33. The Morgan fingerprint density at radius 2 is 1.30 bits per heavy atom. The van der Waals surface area contributed by atoms with Gasteiger partial charge in [0.2, 0.25) is 6.41 Å². The van der Waals surface area contributed by atoms with Crippen LogP contribution in [0.5, 0.6) is 0 Å². The molecule has 0 saturated heterocycles. The van der Waals surface area contributed by atoms with Crippen molar-refractivity contribution in [1.82, 2.24) is 10.6 Å². The Morgan fingerprint density at radius 1 is 0.852 bits per heavy atom. The molecule has 1 amide bonds. The van der Waals surface area contributed by atoms with Crippen LogP contribution in [0.1, 0.15) is 20.8 Å². The molecule has 9 heteroatoms. The number of hydrogen-bond donors (Lipinski definition) is 2. The van der Waals surface area contributed by atoms with E-state index in [0.717, 1.165) is 6.54 Å². The molecule has 0 aliphatic carbocycles. The molecule has 0 bridgehead atoms. The molecule has 2 unspecified atom stereocenters. The second kappa shape index (κ2) is 25.2. The maximum absolute atomic E-state index is 13.4. The SMILES string of the molecule is CC.CNCCOCCOCCOCCOCCOC(C)C(F)CNC=O. The molecule has 2 N–H and O–H groups in total. The Labute approximate surface area is 163 Å². The third-order valence-corrected chi connectivity index (χ3v) is 3.13. The zero-order valence-corrected chi connectivity index (χ0v) is 17.3. The van der Waals surface area contributed by atoms with Crippen LogP contribution in [0.25, 0.3) is 0 Å². The standard InChI is InChI=1S/C16H33FN2O6.C2H6/c1-15(16(17)13-19-14-20)25-12-11-24-10-9-23-8-7-22-6-5-21-4-3-18-2;1-2/h14-16,18H,3-13H2,1-2H3,(H,19,20);1-2H3. The van der Waals surface area contributed by atoms with E-state index in [1.807, 2.05) is 20.9 Å². The molecule has 27 heavy (non-hydrogen) atoms. The van der Waals surface area contributed by atoms with Crippen LogP contribution in [0.3, 0.4) is 0 Å². The van der Waals surface area contributed by atoms with Crippen LogP contribution in [0, 0.1) is 0 Å². The summed E-state index contributed by atoms with van der Waals surface area (Å²) in [5.74, 6) is 0. The number of halogens is 1. The minimum atomic E-state index is -1.23. The van der Waals surface area contributed by atoms with Crippen molar-refractivity contribution in [2.24, 2.45) is 0 Å². The number of alkyl halides is 1. The summed E-state index contributed by atoms with van der Waals surface area (Å²) in [4.78, 5) is 10.1. The summed E-state index contributed by atoms with van der Waals surface area (Å²) in [5.41, 5.74) is 0. The van der Waals surface area contributed by atoms with Crippen LogP contribution >= 0.6 is 0 Å². The molecule has 0 heterocycles. The highest BCUT2D eigenvalue weighted by molar-refractivity contribution is 5.45. The Morgan fingerprint density at radius 3 is 1.74 bits per heavy atom. The molecule has 0 saturated carbocycles. The highest BCUT2D eigenvalue weighted by atomic mass is 19.1. The second-order valence-electron chi connectivity index (χ2n) is 5.17. The Hall–Kier alpha value is -0.840. The molecule has 0 aromatic carbocycles. The highest BCUT2D eigenvalue weighted by Gasteiger charge is 2.15. The van der Waals surface area contributed by atoms with E-state index < -0.39 is 12.3 Å². The van der Waals surface area contributed by atoms with Gasteiger partial charge in [-0.2, -0.15) is 0 Å². The van der Waals surface area contributed by atoms with Crippen molar-refractivity contribution in [3.8, 4) is 0 Å². The first kappa shape index (κ1) is 28.4. The smallest absolute Gasteiger partial charge is 0.207 e. The highest BCUT2D eigenvalue weighted by Crippen LogP contribution is 2.02. The number of rotatable bonds is 20. The molecule has 0 aliphatic heterocycles. The number of nitrogens with one attached hydrogen (secondary N) is 2. The van der Waals surface area contributed by atoms with Crippen LogP contribution in [-0.2, 0) is 28.5 Å². The van der Waals surface area contributed by atoms with Crippen LogP contribution in [0.2, 0.25) is 0 Å². The van der Waals surface area contributed by atoms with Crippen molar-refractivity contribution in [2.75, 3.05) is 79.6 Å². The zero-order chi connectivity index (χ0) is 20.6. The van der Waals surface area contributed by atoms with Gasteiger partial charge in [0.05, 0.1) is 72.1 Å². The van der Waals surface area contributed by atoms with E-state index >= 15 is 0 Å². The molecule has 8 nitrogen and oxygen atoms in total. The zero-order valence-electron chi connectivity index (χ0n) is 17.3. The van der Waals surface area contributed by atoms with Crippen LogP contribution in [0.15, 0.2) is 0 Å². The van der Waals surface area contributed by atoms with Gasteiger partial charge < -0.3 is 34.3 Å². The van der Waals surface area contributed by atoms with Gasteiger partial charge in [-0.1, -0.05) is 13.8 Å². The summed E-state index contributed by atoms with van der Waals surface area (Å²) in [6, 6.07) is 0. The third-order valence-electron chi connectivity index (χ3n) is 3.13. The first-order chi connectivity index (χ1) is 13.2. The number of carbonyl (C=O) groups is 1. The van der Waals surface area contributed by atoms with Gasteiger partial charge in [0.1, 0.15) is 6.17 Å². The third kappa shape index (κ3) is 23.1. The normalized spacial score (nSPS) is 12.8. The fourth-order valence-corrected chi connectivity index (χ4v) is 1.66. The van der Waals surface area contributed by atoms with Crippen molar-refractivity contribution in [3.05, 3.63) is 0 Å². The molecular formula is C18H39FN2O6. The fourth-order valence-electron chi connectivity index (χ4n) is 1.66. The maximum atomic E-state index is 13.4. The average molecular weight is 399 g/mol. The van der Waals surface area contributed by atoms with E-state index in [1.165, 1.54) is 0 Å². The lowest BCUT2D eigenvalue weighted by molar-refractivity contribution is -0.110. The summed E-state index contributed by atoms with van der Waals surface area (Å²) in [7, 11) is 1.88. The van der Waals surface area contributed by atoms with E-state index in [2.05, 4.69) is 10.6 Å². The number of amides is 1. The van der Waals surface area contributed by atoms with Crippen molar-refractivity contribution in [2.45, 2.75) is 33.0 Å². The topological polar surface area (TPSA) is 87.3 Å². The Bertz CT molecular complexity index is 291. The predicted molar refractivity (Wildman–Crippen MR) is 103 cm³/mol. The molecule has 164 valence electrons. The van der Waals surface area contributed by atoms with E-state index in [-0.39, 0.29) is 6.54 Å². The van der Waals surface area contributed by atoms with E-state index in [9.17, 15) is 9.18 Å². The average Bonchev–Trinajstić information content (AvgIpc) is 2.70. The number of likely N-dealkylation sites (N-methyl/N-ethyl adjacent to an activating group) is 1. The number of ether oxygens (including phenoxy) is 5. The maximum Gasteiger partial charge on any atom is 0.207 e. The monoisotopic (exact) mass is 398 g/mol.